The molecule has 0 saturated heterocycles. The number of rotatable bonds is 5. The Bertz CT molecular complexity index is 783. The second-order valence-corrected chi connectivity index (χ2v) is 7.57. The molecule has 0 bridgehead atoms. The Morgan fingerprint density at radius 2 is 1.61 bits per heavy atom. The summed E-state index contributed by atoms with van der Waals surface area (Å²) in [5, 5.41) is -0.376. The van der Waals surface area contributed by atoms with Crippen LogP contribution in [0.4, 0.5) is 0 Å². The molecule has 0 fully saturated rings. The fraction of sp³-hybridized carbons (Fsp3) is 0.235. The molecule has 0 heterocycles. The summed E-state index contributed by atoms with van der Waals surface area (Å²) < 4.78 is 30.5. The smallest absolute Gasteiger partial charge is 0.283 e. The molecule has 0 aromatic heterocycles. The molecule has 0 spiro atoms. The van der Waals surface area contributed by atoms with Crippen molar-refractivity contribution in [2.24, 2.45) is 0 Å². The molecule has 0 aliphatic heterocycles. The van der Waals surface area contributed by atoms with Gasteiger partial charge in [0.2, 0.25) is 5.12 Å². The van der Waals surface area contributed by atoms with Crippen LogP contribution in [-0.4, -0.2) is 19.8 Å². The number of carbonyl (C=O) groups excluding carboxylic acids is 1. The van der Waals surface area contributed by atoms with Crippen LogP contribution in [0.25, 0.3) is 0 Å². The van der Waals surface area contributed by atoms with Crippen LogP contribution in [0.1, 0.15) is 18.1 Å². The van der Waals surface area contributed by atoms with Gasteiger partial charge >= 0.3 is 0 Å². The lowest BCUT2D eigenvalue weighted by atomic mass is 9.98. The zero-order valence-electron chi connectivity index (χ0n) is 13.1. The SMILES string of the molecule is CSC(=O)C(C)(OS(=O)(=O)c1ccc(C)cc1)c1ccccc1. The average molecular weight is 350 g/mol. The predicted molar refractivity (Wildman–Crippen MR) is 91.8 cm³/mol. The standard InChI is InChI=1S/C17H18O4S2/c1-13-9-11-15(12-10-13)23(19,20)21-17(2,16(18)22-3)14-7-5-4-6-8-14/h4-12H,1-3H3. The van der Waals surface area contributed by atoms with E-state index in [-0.39, 0.29) is 10.0 Å². The topological polar surface area (TPSA) is 60.4 Å². The van der Waals surface area contributed by atoms with E-state index in [1.807, 2.05) is 6.92 Å². The van der Waals surface area contributed by atoms with Crippen LogP contribution in [0, 0.1) is 6.92 Å². The lowest BCUT2D eigenvalue weighted by Crippen LogP contribution is -2.36. The van der Waals surface area contributed by atoms with Crippen LogP contribution in [-0.2, 0) is 24.7 Å². The molecule has 122 valence electrons. The maximum atomic E-state index is 12.6. The van der Waals surface area contributed by atoms with E-state index in [1.165, 1.54) is 19.1 Å². The molecule has 1 atom stereocenters. The van der Waals surface area contributed by atoms with Crippen LogP contribution < -0.4 is 0 Å². The molecule has 2 aromatic carbocycles. The summed E-state index contributed by atoms with van der Waals surface area (Å²) in [5.74, 6) is 0. The van der Waals surface area contributed by atoms with Crippen molar-refractivity contribution >= 4 is 27.0 Å². The average Bonchev–Trinajstić information content (AvgIpc) is 2.54. The third-order valence-electron chi connectivity index (χ3n) is 3.49. The second kappa shape index (κ2) is 6.86. The van der Waals surface area contributed by atoms with Gasteiger partial charge in [-0.15, -0.1) is 0 Å². The highest BCUT2D eigenvalue weighted by Crippen LogP contribution is 2.34. The van der Waals surface area contributed by atoms with Gasteiger partial charge in [-0.1, -0.05) is 59.8 Å². The Morgan fingerprint density at radius 1 is 1.04 bits per heavy atom. The maximum Gasteiger partial charge on any atom is 0.298 e. The molecule has 23 heavy (non-hydrogen) atoms. The quantitative estimate of drug-likeness (QED) is 0.772. The van der Waals surface area contributed by atoms with E-state index in [0.717, 1.165) is 17.3 Å². The molecule has 0 saturated carbocycles. The van der Waals surface area contributed by atoms with Crippen LogP contribution in [0.15, 0.2) is 59.5 Å². The Kier molecular flexibility index (Phi) is 5.29. The Balaban J connectivity index is 2.46. The number of hydrogen-bond acceptors (Lipinski definition) is 5. The van der Waals surface area contributed by atoms with Crippen molar-refractivity contribution in [3.05, 3.63) is 65.7 Å². The minimum atomic E-state index is -4.07. The van der Waals surface area contributed by atoms with E-state index >= 15 is 0 Å². The first kappa shape index (κ1) is 17.7. The molecular formula is C17H18O4S2. The van der Waals surface area contributed by atoms with Gasteiger partial charge in [0.25, 0.3) is 10.1 Å². The zero-order chi connectivity index (χ0) is 17.1. The summed E-state index contributed by atoms with van der Waals surface area (Å²) in [6, 6.07) is 14.9. The molecule has 0 radical (unpaired) electrons. The van der Waals surface area contributed by atoms with Crippen LogP contribution in [0.2, 0.25) is 0 Å². The molecule has 0 aliphatic rings. The molecule has 0 N–H and O–H groups in total. The van der Waals surface area contributed by atoms with Crippen molar-refractivity contribution in [1.82, 2.24) is 0 Å². The van der Waals surface area contributed by atoms with E-state index in [0.29, 0.717) is 5.56 Å². The van der Waals surface area contributed by atoms with Crippen molar-refractivity contribution in [2.45, 2.75) is 24.3 Å². The second-order valence-electron chi connectivity index (χ2n) is 5.24. The van der Waals surface area contributed by atoms with Gasteiger partial charge < -0.3 is 0 Å². The Hall–Kier alpha value is -1.63. The summed E-state index contributed by atoms with van der Waals surface area (Å²) >= 11 is 0.937. The molecule has 0 amide bonds. The Labute approximate surface area is 141 Å². The summed E-state index contributed by atoms with van der Waals surface area (Å²) in [6.45, 7) is 3.34. The minimum absolute atomic E-state index is 0.0270. The van der Waals surface area contributed by atoms with Crippen LogP contribution in [0.3, 0.4) is 0 Å². The molecule has 1 unspecified atom stereocenters. The largest absolute Gasteiger partial charge is 0.298 e. The van der Waals surface area contributed by atoms with E-state index < -0.39 is 15.7 Å². The lowest BCUT2D eigenvalue weighted by Gasteiger charge is -2.27. The fourth-order valence-corrected chi connectivity index (χ4v) is 3.90. The van der Waals surface area contributed by atoms with Gasteiger partial charge in [-0.25, -0.2) is 4.18 Å². The first-order valence-corrected chi connectivity index (χ1v) is 9.59. The zero-order valence-corrected chi connectivity index (χ0v) is 14.8. The van der Waals surface area contributed by atoms with Gasteiger partial charge in [0, 0.05) is 0 Å². The van der Waals surface area contributed by atoms with Crippen molar-refractivity contribution in [2.75, 3.05) is 6.26 Å². The van der Waals surface area contributed by atoms with E-state index in [1.54, 1.807) is 48.7 Å². The van der Waals surface area contributed by atoms with Gasteiger partial charge in [0.05, 0.1) is 4.90 Å². The molecule has 4 nitrogen and oxygen atoms in total. The predicted octanol–water partition coefficient (Wildman–Crippen LogP) is 3.51. The van der Waals surface area contributed by atoms with Gasteiger partial charge in [0.15, 0.2) is 5.60 Å². The van der Waals surface area contributed by atoms with E-state index in [4.69, 9.17) is 4.18 Å². The maximum absolute atomic E-state index is 12.6. The van der Waals surface area contributed by atoms with Gasteiger partial charge in [-0.3, -0.25) is 4.79 Å². The third-order valence-corrected chi connectivity index (χ3v) is 5.65. The first-order chi connectivity index (χ1) is 10.8. The van der Waals surface area contributed by atoms with E-state index in [9.17, 15) is 13.2 Å². The molecule has 6 heteroatoms. The monoisotopic (exact) mass is 350 g/mol. The van der Waals surface area contributed by atoms with Crippen molar-refractivity contribution in [1.29, 1.82) is 0 Å². The van der Waals surface area contributed by atoms with E-state index in [2.05, 4.69) is 0 Å². The van der Waals surface area contributed by atoms with Crippen molar-refractivity contribution < 1.29 is 17.4 Å². The van der Waals surface area contributed by atoms with Gasteiger partial charge in [0.1, 0.15) is 0 Å². The Morgan fingerprint density at radius 3 is 2.13 bits per heavy atom. The van der Waals surface area contributed by atoms with Gasteiger partial charge in [-0.2, -0.15) is 8.42 Å². The summed E-state index contributed by atoms with van der Waals surface area (Å²) in [7, 11) is -4.07. The molecular weight excluding hydrogens is 332 g/mol. The highest BCUT2D eigenvalue weighted by atomic mass is 32.2. The highest BCUT2D eigenvalue weighted by molar-refractivity contribution is 8.13. The van der Waals surface area contributed by atoms with Crippen LogP contribution in [0.5, 0.6) is 0 Å². The normalized spacial score (nSPS) is 14.2. The number of hydrogen-bond donors (Lipinski definition) is 0. The summed E-state index contributed by atoms with van der Waals surface area (Å²) in [4.78, 5) is 12.4. The highest BCUT2D eigenvalue weighted by Gasteiger charge is 2.41. The molecule has 0 aliphatic carbocycles. The number of carbonyl (C=O) groups is 1. The van der Waals surface area contributed by atoms with Crippen LogP contribution >= 0.6 is 11.8 Å². The van der Waals surface area contributed by atoms with Gasteiger partial charge in [-0.05, 0) is 37.8 Å². The summed E-state index contributed by atoms with van der Waals surface area (Å²) in [5.41, 5.74) is -0.144. The number of benzene rings is 2. The first-order valence-electron chi connectivity index (χ1n) is 6.96. The number of aryl methyl sites for hydroxylation is 1. The van der Waals surface area contributed by atoms with Crippen molar-refractivity contribution in [3.8, 4) is 0 Å². The lowest BCUT2D eigenvalue weighted by molar-refractivity contribution is -0.124. The molecule has 2 aromatic rings. The summed E-state index contributed by atoms with van der Waals surface area (Å²) in [6.07, 6.45) is 1.60. The number of thioether (sulfide) groups is 1. The minimum Gasteiger partial charge on any atom is -0.283 e. The fourth-order valence-electron chi connectivity index (χ4n) is 2.12. The van der Waals surface area contributed by atoms with Crippen molar-refractivity contribution in [3.63, 3.8) is 0 Å². The third kappa shape index (κ3) is 3.83. The molecule has 2 rings (SSSR count).